The highest BCUT2D eigenvalue weighted by molar-refractivity contribution is 7.22. The van der Waals surface area contributed by atoms with Gasteiger partial charge in [-0.1, -0.05) is 23.5 Å². The van der Waals surface area contributed by atoms with E-state index in [1.54, 1.807) is 6.20 Å². The van der Waals surface area contributed by atoms with E-state index in [-0.39, 0.29) is 6.42 Å². The van der Waals surface area contributed by atoms with Crippen molar-refractivity contribution in [3.8, 4) is 11.1 Å². The van der Waals surface area contributed by atoms with Crippen LogP contribution in [0.15, 0.2) is 36.5 Å². The van der Waals surface area contributed by atoms with Gasteiger partial charge in [0.1, 0.15) is 5.92 Å². The molecule has 5 rings (SSSR count). The number of hydrogen-bond donors (Lipinski definition) is 4. The fraction of sp³-hybridized carbons (Fsp3) is 0.261. The number of H-pyrrole nitrogens is 1. The highest BCUT2D eigenvalue weighted by Crippen LogP contribution is 2.49. The molecule has 1 atom stereocenters. The lowest BCUT2D eigenvalue weighted by molar-refractivity contribution is -0.193. The molecule has 220 valence electrons. The lowest BCUT2D eigenvalue weighted by atomic mass is 9.97. The number of carbonyl (C=O) groups excluding carboxylic acids is 1. The minimum atomic E-state index is -5.08. The second-order valence-electron chi connectivity index (χ2n) is 8.40. The number of carboxylic acids is 2. The molecule has 1 fully saturated rings. The molecule has 2 aromatic carbocycles. The zero-order valence-corrected chi connectivity index (χ0v) is 21.0. The van der Waals surface area contributed by atoms with Gasteiger partial charge in [0.05, 0.1) is 21.9 Å². The van der Waals surface area contributed by atoms with Crippen LogP contribution in [0.5, 0.6) is 0 Å². The molecule has 4 aromatic rings. The molecular formula is C23H16F8N4O5S. The van der Waals surface area contributed by atoms with Crippen LogP contribution in [0.25, 0.3) is 32.2 Å². The summed E-state index contributed by atoms with van der Waals surface area (Å²) in [4.78, 5) is 34.0. The summed E-state index contributed by atoms with van der Waals surface area (Å²) in [5, 5.41) is 25.2. The minimum Gasteiger partial charge on any atom is -0.475 e. The quantitative estimate of drug-likeness (QED) is 0.208. The average Bonchev–Trinajstić information content (AvgIpc) is 3.17. The van der Waals surface area contributed by atoms with Gasteiger partial charge in [0.15, 0.2) is 5.13 Å². The summed E-state index contributed by atoms with van der Waals surface area (Å²) in [6.07, 6.45) is -8.75. The number of aliphatic carboxylic acids is 2. The van der Waals surface area contributed by atoms with Gasteiger partial charge >= 0.3 is 24.3 Å². The Morgan fingerprint density at radius 1 is 1.02 bits per heavy atom. The van der Waals surface area contributed by atoms with Crippen molar-refractivity contribution in [2.75, 3.05) is 5.32 Å². The Bertz CT molecular complexity index is 1590. The molecule has 41 heavy (non-hydrogen) atoms. The Balaban J connectivity index is 0.000000276. The lowest BCUT2D eigenvalue weighted by Gasteiger charge is -2.07. The third kappa shape index (κ3) is 7.65. The van der Waals surface area contributed by atoms with Crippen molar-refractivity contribution in [3.05, 3.63) is 42.1 Å². The number of fused-ring (bicyclic) bond motifs is 2. The number of amides is 1. The van der Waals surface area contributed by atoms with Gasteiger partial charge in [-0.3, -0.25) is 9.89 Å². The summed E-state index contributed by atoms with van der Waals surface area (Å²) in [7, 11) is 0. The Labute approximate surface area is 226 Å². The third-order valence-electron chi connectivity index (χ3n) is 5.37. The van der Waals surface area contributed by atoms with Crippen LogP contribution in [0, 0.1) is 12.8 Å². The van der Waals surface area contributed by atoms with Crippen LogP contribution >= 0.6 is 11.3 Å². The van der Waals surface area contributed by atoms with Crippen molar-refractivity contribution in [1.82, 2.24) is 15.2 Å². The maximum atomic E-state index is 13.0. The van der Waals surface area contributed by atoms with Crippen LogP contribution in [0.1, 0.15) is 12.0 Å². The molecule has 1 amide bonds. The van der Waals surface area contributed by atoms with Gasteiger partial charge in [-0.25, -0.2) is 23.4 Å². The fourth-order valence-electron chi connectivity index (χ4n) is 3.33. The highest BCUT2D eigenvalue weighted by Gasteiger charge is 2.61. The Hall–Kier alpha value is -4.35. The number of benzene rings is 2. The number of aromatic amines is 1. The maximum absolute atomic E-state index is 13.0. The Morgan fingerprint density at radius 2 is 1.59 bits per heavy atom. The van der Waals surface area contributed by atoms with E-state index in [0.717, 1.165) is 37.8 Å². The van der Waals surface area contributed by atoms with Gasteiger partial charge in [0.2, 0.25) is 5.91 Å². The molecule has 0 spiro atoms. The van der Waals surface area contributed by atoms with Crippen molar-refractivity contribution >= 4 is 55.4 Å². The molecule has 1 aliphatic rings. The first-order chi connectivity index (χ1) is 18.8. The van der Waals surface area contributed by atoms with E-state index in [0.29, 0.717) is 5.13 Å². The standard InChI is InChI=1S/C19H14F2N4OS.2C2HF3O2/c1-9-2-4-13-11(8-22-25-13)16(9)10-3-5-14-15(6-10)27-18(23-14)24-17(26)12-7-19(12,20)21;2*3-2(4,5)1(6)7/h2-6,8,12H,7H2,1H3,(H,22,25)(H,23,24,26);2*(H,6,7). The summed E-state index contributed by atoms with van der Waals surface area (Å²) < 4.78 is 90.4. The number of rotatable bonds is 3. The summed E-state index contributed by atoms with van der Waals surface area (Å²) in [5.41, 5.74) is 4.90. The first-order valence-electron chi connectivity index (χ1n) is 10.9. The fourth-order valence-corrected chi connectivity index (χ4v) is 4.24. The number of hydrogen-bond acceptors (Lipinski definition) is 6. The normalized spacial score (nSPS) is 15.8. The number of nitrogens with zero attached hydrogens (tertiary/aromatic N) is 2. The Kier molecular flexibility index (Phi) is 8.56. The molecule has 2 aromatic heterocycles. The molecule has 4 N–H and O–H groups in total. The molecule has 0 bridgehead atoms. The molecule has 2 heterocycles. The first kappa shape index (κ1) is 31.2. The van der Waals surface area contributed by atoms with E-state index in [9.17, 15) is 39.9 Å². The monoisotopic (exact) mass is 612 g/mol. The van der Waals surface area contributed by atoms with Gasteiger partial charge in [-0.05, 0) is 41.8 Å². The Morgan fingerprint density at radius 3 is 2.10 bits per heavy atom. The molecule has 0 radical (unpaired) electrons. The summed E-state index contributed by atoms with van der Waals surface area (Å²) in [6.45, 7) is 2.04. The summed E-state index contributed by atoms with van der Waals surface area (Å²) >= 11 is 1.28. The van der Waals surface area contributed by atoms with E-state index in [2.05, 4.69) is 20.5 Å². The second kappa shape index (κ2) is 11.3. The number of nitrogens with one attached hydrogen (secondary N) is 2. The van der Waals surface area contributed by atoms with E-state index >= 15 is 0 Å². The topological polar surface area (TPSA) is 145 Å². The predicted octanol–water partition coefficient (Wildman–Crippen LogP) is 6.01. The predicted molar refractivity (Wildman–Crippen MR) is 129 cm³/mol. The smallest absolute Gasteiger partial charge is 0.475 e. The highest BCUT2D eigenvalue weighted by atomic mass is 32.1. The van der Waals surface area contributed by atoms with E-state index in [1.807, 2.05) is 37.3 Å². The molecule has 9 nitrogen and oxygen atoms in total. The van der Waals surface area contributed by atoms with E-state index in [1.165, 1.54) is 11.3 Å². The molecule has 18 heteroatoms. The number of halogens is 8. The van der Waals surface area contributed by atoms with Crippen LogP contribution in [-0.4, -0.2) is 61.5 Å². The molecular weight excluding hydrogens is 596 g/mol. The SMILES string of the molecule is Cc1ccc2[nH]ncc2c1-c1ccc2nc(NC(=O)C3CC3(F)F)sc2c1.O=C(O)C(F)(F)F.O=C(O)C(F)(F)F. The largest absolute Gasteiger partial charge is 0.490 e. The van der Waals surface area contributed by atoms with Crippen molar-refractivity contribution < 1.29 is 59.7 Å². The summed E-state index contributed by atoms with van der Waals surface area (Å²) in [5.74, 6) is -10.3. The lowest BCUT2D eigenvalue weighted by Crippen LogP contribution is -2.21. The number of anilines is 1. The number of carbonyl (C=O) groups is 3. The first-order valence-corrected chi connectivity index (χ1v) is 11.8. The number of aromatic nitrogens is 3. The van der Waals surface area contributed by atoms with Crippen molar-refractivity contribution in [2.24, 2.45) is 5.92 Å². The van der Waals surface area contributed by atoms with Crippen LogP contribution in [0.4, 0.5) is 40.3 Å². The molecule has 1 aliphatic carbocycles. The number of aryl methyl sites for hydroxylation is 1. The van der Waals surface area contributed by atoms with Gasteiger partial charge in [0, 0.05) is 11.8 Å². The maximum Gasteiger partial charge on any atom is 0.490 e. The minimum absolute atomic E-state index is 0.341. The number of alkyl halides is 8. The van der Waals surface area contributed by atoms with E-state index in [4.69, 9.17) is 19.8 Å². The average molecular weight is 612 g/mol. The molecule has 0 saturated heterocycles. The second-order valence-corrected chi connectivity index (χ2v) is 9.43. The van der Waals surface area contributed by atoms with Crippen LogP contribution in [-0.2, 0) is 14.4 Å². The zero-order valence-electron chi connectivity index (χ0n) is 20.2. The summed E-state index contributed by atoms with van der Waals surface area (Å²) in [6, 6.07) is 9.88. The van der Waals surface area contributed by atoms with Crippen LogP contribution in [0.3, 0.4) is 0 Å². The van der Waals surface area contributed by atoms with Crippen molar-refractivity contribution in [3.63, 3.8) is 0 Å². The van der Waals surface area contributed by atoms with Gasteiger partial charge in [-0.2, -0.15) is 31.4 Å². The van der Waals surface area contributed by atoms with Crippen LogP contribution < -0.4 is 5.32 Å². The van der Waals surface area contributed by atoms with Gasteiger partial charge in [-0.15, -0.1) is 0 Å². The number of carboxylic acid groups (broad SMARTS) is 2. The van der Waals surface area contributed by atoms with Gasteiger partial charge < -0.3 is 15.5 Å². The van der Waals surface area contributed by atoms with Crippen LogP contribution in [0.2, 0.25) is 0 Å². The number of thiazole rings is 1. The third-order valence-corrected chi connectivity index (χ3v) is 6.30. The van der Waals surface area contributed by atoms with E-state index < -0.39 is 42.0 Å². The van der Waals surface area contributed by atoms with Gasteiger partial charge in [0.25, 0.3) is 5.92 Å². The zero-order chi connectivity index (χ0) is 30.9. The molecule has 1 unspecified atom stereocenters. The molecule has 1 saturated carbocycles. The van der Waals surface area contributed by atoms with Crippen molar-refractivity contribution in [1.29, 1.82) is 0 Å². The molecule has 0 aliphatic heterocycles. The van der Waals surface area contributed by atoms with Crippen molar-refractivity contribution in [2.45, 2.75) is 31.6 Å².